The minimum absolute atomic E-state index is 0.265. The lowest BCUT2D eigenvalue weighted by atomic mass is 9.99. The summed E-state index contributed by atoms with van der Waals surface area (Å²) in [6.45, 7) is 2.04. The highest BCUT2D eigenvalue weighted by atomic mass is 32.2. The summed E-state index contributed by atoms with van der Waals surface area (Å²) >= 11 is 1.64. The predicted octanol–water partition coefficient (Wildman–Crippen LogP) is 1.36. The van der Waals surface area contributed by atoms with Crippen LogP contribution in [-0.4, -0.2) is 50.2 Å². The van der Waals surface area contributed by atoms with Crippen molar-refractivity contribution in [3.8, 4) is 0 Å². The van der Waals surface area contributed by atoms with Crippen molar-refractivity contribution in [2.45, 2.75) is 42.2 Å². The van der Waals surface area contributed by atoms with Crippen LogP contribution >= 0.6 is 11.8 Å². The van der Waals surface area contributed by atoms with Crippen LogP contribution in [0.5, 0.6) is 0 Å². The van der Waals surface area contributed by atoms with Gasteiger partial charge in [0, 0.05) is 16.7 Å². The van der Waals surface area contributed by atoms with Crippen LogP contribution in [0, 0.1) is 6.92 Å². The van der Waals surface area contributed by atoms with E-state index in [9.17, 15) is 10.2 Å². The summed E-state index contributed by atoms with van der Waals surface area (Å²) in [4.78, 5) is 9.25. The first kappa shape index (κ1) is 17.3. The second-order valence-electron chi connectivity index (χ2n) is 6.56. The number of hydrogen-bond donors (Lipinski definition) is 4. The molecule has 2 aliphatic heterocycles. The van der Waals surface area contributed by atoms with Crippen molar-refractivity contribution in [3.63, 3.8) is 0 Å². The topological polar surface area (TPSA) is 129 Å². The lowest BCUT2D eigenvalue weighted by molar-refractivity contribution is 0.0271. The fourth-order valence-electron chi connectivity index (χ4n) is 3.35. The molecular weight excluding hydrogens is 352 g/mol. The molecule has 136 valence electrons. The molecule has 9 heteroatoms. The molecule has 2 aromatic rings. The van der Waals surface area contributed by atoms with Crippen molar-refractivity contribution in [2.75, 3.05) is 11.5 Å². The first-order valence-corrected chi connectivity index (χ1v) is 9.36. The van der Waals surface area contributed by atoms with E-state index >= 15 is 0 Å². The fraction of sp³-hybridized carbons (Fsp3) is 0.412. The molecular formula is C17H20N6O2S. The maximum atomic E-state index is 10.5. The Labute approximate surface area is 155 Å². The minimum Gasteiger partial charge on any atom is -0.389 e. The molecule has 1 saturated heterocycles. The third kappa shape index (κ3) is 3.07. The summed E-state index contributed by atoms with van der Waals surface area (Å²) in [5.74, 6) is 0.890. The van der Waals surface area contributed by atoms with E-state index < -0.39 is 24.3 Å². The number of nitrogens with two attached hydrogens (primary N) is 1. The molecule has 0 aliphatic carbocycles. The van der Waals surface area contributed by atoms with Gasteiger partial charge in [0.25, 0.3) is 0 Å². The molecule has 4 rings (SSSR count). The Morgan fingerprint density at radius 1 is 1.23 bits per heavy atom. The Morgan fingerprint density at radius 3 is 2.88 bits per heavy atom. The molecule has 0 spiro atoms. The van der Waals surface area contributed by atoms with Crippen molar-refractivity contribution < 1.29 is 10.2 Å². The van der Waals surface area contributed by atoms with E-state index in [1.165, 1.54) is 11.9 Å². The van der Waals surface area contributed by atoms with E-state index in [1.807, 2.05) is 25.1 Å². The number of hydrogen-bond acceptors (Lipinski definition) is 9. The van der Waals surface area contributed by atoms with E-state index in [1.54, 1.807) is 11.8 Å². The standard InChI is InChI=1S/C17H20N6O2S/c1-8-3-2-4-9(5-8)26-6-10-15(24)16(25)13(21-10)12-11-14(23-22-12)17(18)20-7-19-11/h2-5,7,10,12-13,15-16,21,24-25H,6H2,1H3,(H2,18,19,20)/t10-,12?,13+,15-,16+/m0/s1. The summed E-state index contributed by atoms with van der Waals surface area (Å²) in [7, 11) is 0. The van der Waals surface area contributed by atoms with Crippen LogP contribution in [0.3, 0.4) is 0 Å². The Bertz CT molecular complexity index is 848. The van der Waals surface area contributed by atoms with E-state index in [-0.39, 0.29) is 11.9 Å². The van der Waals surface area contributed by atoms with Crippen LogP contribution in [0.15, 0.2) is 45.7 Å². The summed E-state index contributed by atoms with van der Waals surface area (Å²) < 4.78 is 0. The molecule has 2 aliphatic rings. The second-order valence-corrected chi connectivity index (χ2v) is 7.65. The Morgan fingerprint density at radius 2 is 2.08 bits per heavy atom. The van der Waals surface area contributed by atoms with Gasteiger partial charge in [-0.15, -0.1) is 16.9 Å². The minimum atomic E-state index is -0.968. The molecule has 3 heterocycles. The van der Waals surface area contributed by atoms with Gasteiger partial charge in [-0.3, -0.25) is 0 Å². The molecule has 5 N–H and O–H groups in total. The van der Waals surface area contributed by atoms with Crippen LogP contribution in [0.1, 0.15) is 17.3 Å². The highest BCUT2D eigenvalue weighted by Crippen LogP contribution is 2.41. The molecule has 0 bridgehead atoms. The summed E-state index contributed by atoms with van der Waals surface area (Å²) in [6.07, 6.45) is -0.500. The number of benzene rings is 1. The molecule has 0 saturated carbocycles. The summed E-state index contributed by atoms with van der Waals surface area (Å²) in [6, 6.07) is 6.95. The fourth-order valence-corrected chi connectivity index (χ4v) is 4.46. The normalized spacial score (nSPS) is 29.9. The van der Waals surface area contributed by atoms with Gasteiger partial charge in [-0.1, -0.05) is 17.7 Å². The van der Waals surface area contributed by atoms with Crippen molar-refractivity contribution >= 4 is 23.3 Å². The maximum Gasteiger partial charge on any atom is 0.155 e. The van der Waals surface area contributed by atoms with Crippen LogP contribution in [0.4, 0.5) is 11.5 Å². The van der Waals surface area contributed by atoms with E-state index in [0.29, 0.717) is 17.1 Å². The van der Waals surface area contributed by atoms with E-state index in [2.05, 4.69) is 31.6 Å². The van der Waals surface area contributed by atoms with Gasteiger partial charge in [-0.2, -0.15) is 5.11 Å². The van der Waals surface area contributed by atoms with Gasteiger partial charge in [-0.05, 0) is 19.1 Å². The summed E-state index contributed by atoms with van der Waals surface area (Å²) in [5, 5.41) is 32.5. The quantitative estimate of drug-likeness (QED) is 0.596. The molecule has 1 unspecified atom stereocenters. The number of nitrogen functional groups attached to an aromatic ring is 1. The number of azo groups is 1. The number of aryl methyl sites for hydroxylation is 1. The third-order valence-electron chi connectivity index (χ3n) is 4.74. The number of aliphatic hydroxyl groups is 2. The van der Waals surface area contributed by atoms with Gasteiger partial charge in [0.15, 0.2) is 11.5 Å². The lowest BCUT2D eigenvalue weighted by Crippen LogP contribution is -2.38. The molecule has 5 atom stereocenters. The zero-order valence-electron chi connectivity index (χ0n) is 14.1. The van der Waals surface area contributed by atoms with E-state index in [0.717, 1.165) is 4.90 Å². The first-order chi connectivity index (χ1) is 12.5. The molecule has 0 radical (unpaired) electrons. The van der Waals surface area contributed by atoms with Crippen molar-refractivity contribution in [1.82, 2.24) is 15.3 Å². The van der Waals surface area contributed by atoms with Gasteiger partial charge in [-0.25, -0.2) is 9.97 Å². The van der Waals surface area contributed by atoms with Crippen molar-refractivity contribution in [1.29, 1.82) is 0 Å². The number of nitrogens with zero attached hydrogens (tertiary/aromatic N) is 4. The smallest absolute Gasteiger partial charge is 0.155 e. The van der Waals surface area contributed by atoms with Crippen LogP contribution in [-0.2, 0) is 0 Å². The van der Waals surface area contributed by atoms with Gasteiger partial charge in [0.2, 0.25) is 0 Å². The lowest BCUT2D eigenvalue weighted by Gasteiger charge is -2.19. The Balaban J connectivity index is 1.47. The molecule has 1 aromatic carbocycles. The van der Waals surface area contributed by atoms with Crippen molar-refractivity contribution in [2.24, 2.45) is 10.2 Å². The van der Waals surface area contributed by atoms with Gasteiger partial charge in [0.1, 0.15) is 18.1 Å². The second kappa shape index (κ2) is 6.92. The molecule has 1 fully saturated rings. The number of aliphatic hydroxyl groups excluding tert-OH is 2. The number of aromatic nitrogens is 2. The van der Waals surface area contributed by atoms with Crippen LogP contribution in [0.25, 0.3) is 0 Å². The largest absolute Gasteiger partial charge is 0.389 e. The highest BCUT2D eigenvalue weighted by molar-refractivity contribution is 7.99. The average molecular weight is 372 g/mol. The number of rotatable bonds is 4. The third-order valence-corrected chi connectivity index (χ3v) is 5.85. The SMILES string of the molecule is Cc1cccc(SC[C@@H]2N[C@H](C3N=Nc4c(N)ncnc43)[C@@H](O)[C@H]2O)c1. The van der Waals surface area contributed by atoms with Gasteiger partial charge >= 0.3 is 0 Å². The van der Waals surface area contributed by atoms with Gasteiger partial charge < -0.3 is 21.3 Å². The van der Waals surface area contributed by atoms with Crippen LogP contribution < -0.4 is 11.1 Å². The molecule has 0 amide bonds. The zero-order chi connectivity index (χ0) is 18.3. The average Bonchev–Trinajstić information content (AvgIpc) is 3.17. The molecule has 8 nitrogen and oxygen atoms in total. The highest BCUT2D eigenvalue weighted by Gasteiger charge is 2.47. The Hall–Kier alpha value is -2.07. The number of anilines is 1. The molecule has 1 aromatic heterocycles. The van der Waals surface area contributed by atoms with E-state index in [4.69, 9.17) is 5.73 Å². The molecule has 26 heavy (non-hydrogen) atoms. The zero-order valence-corrected chi connectivity index (χ0v) is 15.0. The maximum absolute atomic E-state index is 10.5. The van der Waals surface area contributed by atoms with Crippen LogP contribution in [0.2, 0.25) is 0 Å². The van der Waals surface area contributed by atoms with Gasteiger partial charge in [0.05, 0.1) is 18.2 Å². The predicted molar refractivity (Wildman–Crippen MR) is 98.3 cm³/mol. The van der Waals surface area contributed by atoms with Crippen molar-refractivity contribution in [3.05, 3.63) is 41.9 Å². The number of nitrogens with one attached hydrogen (secondary N) is 1. The first-order valence-electron chi connectivity index (χ1n) is 8.37. The monoisotopic (exact) mass is 372 g/mol. The number of fused-ring (bicyclic) bond motifs is 1. The summed E-state index contributed by atoms with van der Waals surface area (Å²) in [5.41, 5.74) is 8.01. The Kier molecular flexibility index (Phi) is 4.62. The number of thioether (sulfide) groups is 1.